The van der Waals surface area contributed by atoms with Crippen LogP contribution in [-0.4, -0.2) is 35.5 Å². The van der Waals surface area contributed by atoms with Crippen molar-refractivity contribution in [1.29, 1.82) is 0 Å². The molecule has 0 radical (unpaired) electrons. The molecule has 1 aliphatic rings. The van der Waals surface area contributed by atoms with E-state index in [1.807, 2.05) is 0 Å². The van der Waals surface area contributed by atoms with Crippen LogP contribution in [0.25, 0.3) is 0 Å². The highest BCUT2D eigenvalue weighted by Crippen LogP contribution is 2.16. The molecule has 0 atom stereocenters. The van der Waals surface area contributed by atoms with Gasteiger partial charge in [0.05, 0.1) is 18.8 Å². The fourth-order valence-corrected chi connectivity index (χ4v) is 4.29. The minimum absolute atomic E-state index is 0.676. The van der Waals surface area contributed by atoms with Crippen molar-refractivity contribution < 1.29 is 0 Å². The van der Waals surface area contributed by atoms with Crippen LogP contribution in [-0.2, 0) is 19.6 Å². The molecule has 1 aliphatic heterocycles. The van der Waals surface area contributed by atoms with Crippen LogP contribution in [0.1, 0.15) is 52.9 Å². The molecule has 1 saturated heterocycles. The highest BCUT2D eigenvalue weighted by molar-refractivity contribution is 7.11. The van der Waals surface area contributed by atoms with Gasteiger partial charge in [-0.3, -0.25) is 4.90 Å². The van der Waals surface area contributed by atoms with Crippen molar-refractivity contribution in [1.82, 2.24) is 20.5 Å². The SMILES string of the molecule is CCNC(=NCc1ccc(CN2CCCCC2)cc1)NCc1nc(C)c(C)s1. The molecule has 2 aromatic rings. The number of aryl methyl sites for hydroxylation is 2. The van der Waals surface area contributed by atoms with Gasteiger partial charge in [-0.1, -0.05) is 30.7 Å². The fourth-order valence-electron chi connectivity index (χ4n) is 3.41. The summed E-state index contributed by atoms with van der Waals surface area (Å²) in [6, 6.07) is 8.92. The Morgan fingerprint density at radius 2 is 1.79 bits per heavy atom. The Labute approximate surface area is 173 Å². The number of aromatic nitrogens is 1. The Hall–Kier alpha value is -1.92. The van der Waals surface area contributed by atoms with E-state index >= 15 is 0 Å². The number of nitrogens with zero attached hydrogens (tertiary/aromatic N) is 3. The zero-order valence-corrected chi connectivity index (χ0v) is 18.2. The Bertz CT molecular complexity index is 740. The quantitative estimate of drug-likeness (QED) is 0.546. The van der Waals surface area contributed by atoms with Crippen molar-refractivity contribution in [3.05, 3.63) is 51.0 Å². The summed E-state index contributed by atoms with van der Waals surface area (Å²) >= 11 is 1.74. The monoisotopic (exact) mass is 399 g/mol. The largest absolute Gasteiger partial charge is 0.357 e. The molecular formula is C22H33N5S. The summed E-state index contributed by atoms with van der Waals surface area (Å²) in [5.41, 5.74) is 3.75. The second kappa shape index (κ2) is 10.6. The molecule has 28 heavy (non-hydrogen) atoms. The number of hydrogen-bond acceptors (Lipinski definition) is 4. The lowest BCUT2D eigenvalue weighted by atomic mass is 10.1. The van der Waals surface area contributed by atoms with Gasteiger partial charge in [0, 0.05) is 18.0 Å². The van der Waals surface area contributed by atoms with Gasteiger partial charge in [-0.2, -0.15) is 0 Å². The minimum Gasteiger partial charge on any atom is -0.357 e. The van der Waals surface area contributed by atoms with E-state index in [1.165, 1.54) is 48.4 Å². The van der Waals surface area contributed by atoms with Gasteiger partial charge < -0.3 is 10.6 Å². The number of nitrogens with one attached hydrogen (secondary N) is 2. The summed E-state index contributed by atoms with van der Waals surface area (Å²) in [5, 5.41) is 7.81. The lowest BCUT2D eigenvalue weighted by molar-refractivity contribution is 0.221. The molecule has 1 fully saturated rings. The van der Waals surface area contributed by atoms with Crippen molar-refractivity contribution in [3.63, 3.8) is 0 Å². The van der Waals surface area contributed by atoms with Crippen LogP contribution in [0.5, 0.6) is 0 Å². The van der Waals surface area contributed by atoms with E-state index in [0.29, 0.717) is 13.1 Å². The summed E-state index contributed by atoms with van der Waals surface area (Å²) in [6.07, 6.45) is 4.07. The number of rotatable bonds is 7. The number of benzene rings is 1. The van der Waals surface area contributed by atoms with E-state index in [9.17, 15) is 0 Å². The van der Waals surface area contributed by atoms with E-state index < -0.39 is 0 Å². The predicted octanol–water partition coefficient (Wildman–Crippen LogP) is 4.00. The summed E-state index contributed by atoms with van der Waals surface area (Å²) in [7, 11) is 0. The maximum absolute atomic E-state index is 4.73. The molecule has 0 saturated carbocycles. The molecule has 6 heteroatoms. The van der Waals surface area contributed by atoms with Gasteiger partial charge in [0.15, 0.2) is 5.96 Å². The van der Waals surface area contributed by atoms with Crippen LogP contribution in [0, 0.1) is 13.8 Å². The second-order valence-corrected chi connectivity index (χ2v) is 8.74. The van der Waals surface area contributed by atoms with Crippen LogP contribution in [0.15, 0.2) is 29.3 Å². The lowest BCUT2D eigenvalue weighted by Gasteiger charge is -2.26. The van der Waals surface area contributed by atoms with Crippen LogP contribution in [0.3, 0.4) is 0 Å². The molecule has 2 heterocycles. The molecule has 0 bridgehead atoms. The molecule has 2 N–H and O–H groups in total. The van der Waals surface area contributed by atoms with Gasteiger partial charge in [0.2, 0.25) is 0 Å². The predicted molar refractivity (Wildman–Crippen MR) is 119 cm³/mol. The van der Waals surface area contributed by atoms with Crippen molar-refractivity contribution in [3.8, 4) is 0 Å². The summed E-state index contributed by atoms with van der Waals surface area (Å²) in [4.78, 5) is 13.2. The van der Waals surface area contributed by atoms with Crippen molar-refractivity contribution in [2.24, 2.45) is 4.99 Å². The molecule has 5 nitrogen and oxygen atoms in total. The molecule has 0 unspecified atom stereocenters. The van der Waals surface area contributed by atoms with E-state index in [1.54, 1.807) is 11.3 Å². The average Bonchev–Trinajstić information content (AvgIpc) is 3.03. The first-order valence-corrected chi connectivity index (χ1v) is 11.2. The van der Waals surface area contributed by atoms with Crippen molar-refractivity contribution in [2.75, 3.05) is 19.6 Å². The minimum atomic E-state index is 0.676. The summed E-state index contributed by atoms with van der Waals surface area (Å²) < 4.78 is 0. The van der Waals surface area contributed by atoms with E-state index in [-0.39, 0.29) is 0 Å². The normalized spacial score (nSPS) is 15.6. The fraction of sp³-hybridized carbons (Fsp3) is 0.545. The van der Waals surface area contributed by atoms with Gasteiger partial charge in [-0.05, 0) is 57.8 Å². The zero-order chi connectivity index (χ0) is 19.8. The molecule has 3 rings (SSSR count). The third-order valence-electron chi connectivity index (χ3n) is 5.12. The third kappa shape index (κ3) is 6.31. The Balaban J connectivity index is 1.52. The van der Waals surface area contributed by atoms with Gasteiger partial charge in [0.25, 0.3) is 0 Å². The molecule has 152 valence electrons. The number of hydrogen-bond donors (Lipinski definition) is 2. The average molecular weight is 400 g/mol. The first kappa shape index (κ1) is 20.8. The summed E-state index contributed by atoms with van der Waals surface area (Å²) in [5.74, 6) is 0.838. The third-order valence-corrected chi connectivity index (χ3v) is 6.19. The molecule has 1 aromatic heterocycles. The van der Waals surface area contributed by atoms with Gasteiger partial charge >= 0.3 is 0 Å². The van der Waals surface area contributed by atoms with E-state index in [4.69, 9.17) is 4.99 Å². The number of likely N-dealkylation sites (tertiary alicyclic amines) is 1. The smallest absolute Gasteiger partial charge is 0.191 e. The Kier molecular flexibility index (Phi) is 7.86. The van der Waals surface area contributed by atoms with Gasteiger partial charge in [-0.25, -0.2) is 9.98 Å². The topological polar surface area (TPSA) is 52.6 Å². The molecule has 0 spiro atoms. The second-order valence-electron chi connectivity index (χ2n) is 7.45. The first-order chi connectivity index (χ1) is 13.6. The maximum atomic E-state index is 4.73. The lowest BCUT2D eigenvalue weighted by Crippen LogP contribution is -2.36. The number of guanidine groups is 1. The number of piperidine rings is 1. The molecule has 1 aromatic carbocycles. The number of thiazole rings is 1. The van der Waals surface area contributed by atoms with Gasteiger partial charge in [0.1, 0.15) is 5.01 Å². The van der Waals surface area contributed by atoms with Crippen LogP contribution >= 0.6 is 11.3 Å². The first-order valence-electron chi connectivity index (χ1n) is 10.4. The Morgan fingerprint density at radius 1 is 1.07 bits per heavy atom. The molecule has 0 aliphatic carbocycles. The molecule has 0 amide bonds. The number of aliphatic imine (C=N–C) groups is 1. The molecular weight excluding hydrogens is 366 g/mol. The van der Waals surface area contributed by atoms with Crippen molar-refractivity contribution in [2.45, 2.75) is 59.7 Å². The highest BCUT2D eigenvalue weighted by atomic mass is 32.1. The van der Waals surface area contributed by atoms with Gasteiger partial charge in [-0.15, -0.1) is 11.3 Å². The van der Waals surface area contributed by atoms with Crippen LogP contribution < -0.4 is 10.6 Å². The van der Waals surface area contributed by atoms with Crippen LogP contribution in [0.4, 0.5) is 0 Å². The maximum Gasteiger partial charge on any atom is 0.191 e. The standard InChI is InChI=1S/C22H33N5S/c1-4-23-22(25-15-21-26-17(2)18(3)28-21)24-14-19-8-10-20(11-9-19)16-27-12-6-5-7-13-27/h8-11H,4-7,12-16H2,1-3H3,(H2,23,24,25). The van der Waals surface area contributed by atoms with Crippen LogP contribution in [0.2, 0.25) is 0 Å². The van der Waals surface area contributed by atoms with E-state index in [2.05, 4.69) is 65.6 Å². The summed E-state index contributed by atoms with van der Waals surface area (Å²) in [6.45, 7) is 12.0. The Morgan fingerprint density at radius 3 is 2.43 bits per heavy atom. The van der Waals surface area contributed by atoms with E-state index in [0.717, 1.165) is 29.8 Å². The highest BCUT2D eigenvalue weighted by Gasteiger charge is 2.10. The van der Waals surface area contributed by atoms with Crippen molar-refractivity contribution >= 4 is 17.3 Å². The zero-order valence-electron chi connectivity index (χ0n) is 17.4.